The van der Waals surface area contributed by atoms with Gasteiger partial charge < -0.3 is 10.2 Å². The van der Waals surface area contributed by atoms with Crippen molar-refractivity contribution in [1.82, 2.24) is 4.98 Å². The minimum atomic E-state index is 1.11. The molecule has 0 radical (unpaired) electrons. The van der Waals surface area contributed by atoms with E-state index < -0.39 is 0 Å². The van der Waals surface area contributed by atoms with E-state index in [-0.39, 0.29) is 0 Å². The molecule has 1 aromatic heterocycles. The predicted molar refractivity (Wildman–Crippen MR) is 82.1 cm³/mol. The SMILES string of the molecule is CNc1cnc(N2CCCCC2)c2cc(C)ccc12. The topological polar surface area (TPSA) is 28.2 Å². The lowest BCUT2D eigenvalue weighted by molar-refractivity contribution is 0.575. The molecule has 1 aliphatic rings. The summed E-state index contributed by atoms with van der Waals surface area (Å²) >= 11 is 0. The van der Waals surface area contributed by atoms with Crippen LogP contribution in [0.15, 0.2) is 24.4 Å². The molecule has 2 aromatic rings. The van der Waals surface area contributed by atoms with Crippen LogP contribution in [-0.4, -0.2) is 25.1 Å². The number of benzene rings is 1. The van der Waals surface area contributed by atoms with Gasteiger partial charge in [-0.25, -0.2) is 4.98 Å². The van der Waals surface area contributed by atoms with E-state index >= 15 is 0 Å². The Morgan fingerprint density at radius 3 is 2.63 bits per heavy atom. The monoisotopic (exact) mass is 255 g/mol. The second-order valence-electron chi connectivity index (χ2n) is 5.34. The minimum Gasteiger partial charge on any atom is -0.386 e. The van der Waals surface area contributed by atoms with Crippen LogP contribution in [0.5, 0.6) is 0 Å². The number of nitrogens with zero attached hydrogens (tertiary/aromatic N) is 2. The van der Waals surface area contributed by atoms with Crippen LogP contribution in [0, 0.1) is 6.92 Å². The van der Waals surface area contributed by atoms with Crippen molar-refractivity contribution in [3.05, 3.63) is 30.0 Å². The van der Waals surface area contributed by atoms with E-state index in [1.807, 2.05) is 13.2 Å². The van der Waals surface area contributed by atoms with E-state index in [0.29, 0.717) is 0 Å². The van der Waals surface area contributed by atoms with Crippen molar-refractivity contribution in [2.24, 2.45) is 0 Å². The Morgan fingerprint density at radius 2 is 1.89 bits per heavy atom. The Labute approximate surface area is 114 Å². The molecule has 19 heavy (non-hydrogen) atoms. The Balaban J connectivity index is 2.15. The molecule has 0 unspecified atom stereocenters. The number of anilines is 2. The summed E-state index contributed by atoms with van der Waals surface area (Å²) in [6, 6.07) is 6.63. The standard InChI is InChI=1S/C16H21N3/c1-12-6-7-13-14(10-12)16(18-11-15(13)17-2)19-8-4-3-5-9-19/h6-7,10-11,17H,3-5,8-9H2,1-2H3. The number of hydrogen-bond acceptors (Lipinski definition) is 3. The first-order valence-corrected chi connectivity index (χ1v) is 7.11. The van der Waals surface area contributed by atoms with Crippen molar-refractivity contribution in [3.8, 4) is 0 Å². The predicted octanol–water partition coefficient (Wildman–Crippen LogP) is 3.58. The van der Waals surface area contributed by atoms with E-state index in [9.17, 15) is 0 Å². The molecule has 2 heterocycles. The van der Waals surface area contributed by atoms with Crippen LogP contribution in [0.25, 0.3) is 10.8 Å². The van der Waals surface area contributed by atoms with Crippen LogP contribution >= 0.6 is 0 Å². The maximum Gasteiger partial charge on any atom is 0.136 e. The van der Waals surface area contributed by atoms with Crippen LogP contribution in [0.2, 0.25) is 0 Å². The summed E-state index contributed by atoms with van der Waals surface area (Å²) in [7, 11) is 1.96. The van der Waals surface area contributed by atoms with Gasteiger partial charge in [-0.15, -0.1) is 0 Å². The number of pyridine rings is 1. The summed E-state index contributed by atoms with van der Waals surface area (Å²) in [5.41, 5.74) is 2.40. The zero-order valence-electron chi connectivity index (χ0n) is 11.7. The van der Waals surface area contributed by atoms with E-state index in [1.54, 1.807) is 0 Å². The maximum absolute atomic E-state index is 4.71. The van der Waals surface area contributed by atoms with E-state index in [1.165, 1.54) is 35.6 Å². The molecule has 0 atom stereocenters. The summed E-state index contributed by atoms with van der Waals surface area (Å²) < 4.78 is 0. The van der Waals surface area contributed by atoms with E-state index in [0.717, 1.165) is 24.6 Å². The highest BCUT2D eigenvalue weighted by Gasteiger charge is 2.16. The fourth-order valence-electron chi connectivity index (χ4n) is 2.90. The Bertz CT molecular complexity index is 586. The molecule has 3 heteroatoms. The second-order valence-corrected chi connectivity index (χ2v) is 5.34. The lowest BCUT2D eigenvalue weighted by Crippen LogP contribution is -2.30. The Hall–Kier alpha value is -1.77. The molecule has 1 aliphatic heterocycles. The van der Waals surface area contributed by atoms with Crippen molar-refractivity contribution >= 4 is 22.3 Å². The Morgan fingerprint density at radius 1 is 1.11 bits per heavy atom. The molecule has 3 nitrogen and oxygen atoms in total. The number of piperidine rings is 1. The van der Waals surface area contributed by atoms with Gasteiger partial charge in [0.25, 0.3) is 0 Å². The van der Waals surface area contributed by atoms with Crippen molar-refractivity contribution in [1.29, 1.82) is 0 Å². The zero-order valence-corrected chi connectivity index (χ0v) is 11.7. The third kappa shape index (κ3) is 2.25. The number of rotatable bonds is 2. The van der Waals surface area contributed by atoms with Gasteiger partial charge in [-0.1, -0.05) is 17.7 Å². The molecule has 0 bridgehead atoms. The molecule has 1 N–H and O–H groups in total. The Kier molecular flexibility index (Phi) is 3.28. The van der Waals surface area contributed by atoms with Gasteiger partial charge in [-0.3, -0.25) is 0 Å². The summed E-state index contributed by atoms with van der Waals surface area (Å²) in [6.45, 7) is 4.41. The van der Waals surface area contributed by atoms with Crippen LogP contribution in [0.1, 0.15) is 24.8 Å². The molecule has 0 saturated carbocycles. The molecule has 0 spiro atoms. The number of hydrogen-bond donors (Lipinski definition) is 1. The number of aromatic nitrogens is 1. The summed E-state index contributed by atoms with van der Waals surface area (Å²) in [4.78, 5) is 7.14. The molecule has 0 amide bonds. The van der Waals surface area contributed by atoms with Gasteiger partial charge in [0.2, 0.25) is 0 Å². The van der Waals surface area contributed by atoms with Gasteiger partial charge in [-0.2, -0.15) is 0 Å². The van der Waals surface area contributed by atoms with Gasteiger partial charge in [0, 0.05) is 30.9 Å². The molecule has 1 saturated heterocycles. The minimum absolute atomic E-state index is 1.11. The highest BCUT2D eigenvalue weighted by atomic mass is 15.2. The van der Waals surface area contributed by atoms with E-state index in [4.69, 9.17) is 4.98 Å². The molecule has 1 fully saturated rings. The lowest BCUT2D eigenvalue weighted by Gasteiger charge is -2.29. The van der Waals surface area contributed by atoms with Crippen molar-refractivity contribution < 1.29 is 0 Å². The van der Waals surface area contributed by atoms with Gasteiger partial charge in [0.15, 0.2) is 0 Å². The summed E-state index contributed by atoms with van der Waals surface area (Å²) in [6.07, 6.45) is 5.87. The quantitative estimate of drug-likeness (QED) is 0.889. The first kappa shape index (κ1) is 12.3. The van der Waals surface area contributed by atoms with Gasteiger partial charge in [-0.05, 0) is 32.3 Å². The second kappa shape index (κ2) is 5.08. The first-order chi connectivity index (χ1) is 9.29. The fraction of sp³-hybridized carbons (Fsp3) is 0.438. The van der Waals surface area contributed by atoms with Crippen molar-refractivity contribution in [2.75, 3.05) is 30.4 Å². The molecule has 3 rings (SSSR count). The zero-order chi connectivity index (χ0) is 13.2. The van der Waals surface area contributed by atoms with Gasteiger partial charge in [0.1, 0.15) is 5.82 Å². The van der Waals surface area contributed by atoms with Crippen LogP contribution in [0.3, 0.4) is 0 Å². The molecule has 1 aromatic carbocycles. The highest BCUT2D eigenvalue weighted by Crippen LogP contribution is 2.32. The molecular weight excluding hydrogens is 234 g/mol. The smallest absolute Gasteiger partial charge is 0.136 e. The molecule has 100 valence electrons. The van der Waals surface area contributed by atoms with E-state index in [2.05, 4.69) is 35.3 Å². The van der Waals surface area contributed by atoms with Crippen LogP contribution in [0.4, 0.5) is 11.5 Å². The van der Waals surface area contributed by atoms with Crippen molar-refractivity contribution in [3.63, 3.8) is 0 Å². The average Bonchev–Trinajstić information content (AvgIpc) is 2.46. The maximum atomic E-state index is 4.71. The highest BCUT2D eigenvalue weighted by molar-refractivity contribution is 6.00. The van der Waals surface area contributed by atoms with Crippen LogP contribution in [-0.2, 0) is 0 Å². The van der Waals surface area contributed by atoms with Gasteiger partial charge in [0.05, 0.1) is 11.9 Å². The third-order valence-electron chi connectivity index (χ3n) is 3.95. The lowest BCUT2D eigenvalue weighted by atomic mass is 10.1. The molecular formula is C16H21N3. The number of nitrogens with one attached hydrogen (secondary N) is 1. The van der Waals surface area contributed by atoms with Crippen molar-refractivity contribution in [2.45, 2.75) is 26.2 Å². The summed E-state index contributed by atoms with van der Waals surface area (Å²) in [5.74, 6) is 1.15. The molecule has 0 aliphatic carbocycles. The average molecular weight is 255 g/mol. The third-order valence-corrected chi connectivity index (χ3v) is 3.95. The number of fused-ring (bicyclic) bond motifs is 1. The fourth-order valence-corrected chi connectivity index (χ4v) is 2.90. The van der Waals surface area contributed by atoms with Gasteiger partial charge >= 0.3 is 0 Å². The normalized spacial score (nSPS) is 15.8. The van der Waals surface area contributed by atoms with Crippen LogP contribution < -0.4 is 10.2 Å². The summed E-state index contributed by atoms with van der Waals surface area (Å²) in [5, 5.41) is 5.78. The number of aryl methyl sites for hydroxylation is 1. The largest absolute Gasteiger partial charge is 0.386 e. The first-order valence-electron chi connectivity index (χ1n) is 7.11.